The number of amidine groups is 1. The Morgan fingerprint density at radius 3 is 2.45 bits per heavy atom. The van der Waals surface area contributed by atoms with Crippen molar-refractivity contribution in [3.05, 3.63) is 84.5 Å². The minimum atomic E-state index is -3.88. The summed E-state index contributed by atoms with van der Waals surface area (Å²) in [6.45, 7) is 0.133. The number of carbonyl (C=O) groups excluding carboxylic acids is 1. The maximum Gasteiger partial charge on any atom is 0.248 e. The minimum absolute atomic E-state index is 0.0260. The Kier molecular flexibility index (Phi) is 7.27. The molecule has 0 spiro atoms. The Bertz CT molecular complexity index is 1250. The first kappa shape index (κ1) is 24.1. The van der Waals surface area contributed by atoms with E-state index in [1.54, 1.807) is 54.6 Å². The molecule has 0 aromatic heterocycles. The molecule has 1 aliphatic carbocycles. The van der Waals surface area contributed by atoms with Crippen LogP contribution in [0, 0.1) is 10.8 Å². The van der Waals surface area contributed by atoms with Gasteiger partial charge in [-0.15, -0.1) is 0 Å². The predicted molar refractivity (Wildman–Crippen MR) is 129 cm³/mol. The molecule has 0 bridgehead atoms. The van der Waals surface area contributed by atoms with Gasteiger partial charge >= 0.3 is 0 Å². The Balaban J connectivity index is 1.85. The lowest BCUT2D eigenvalue weighted by Crippen LogP contribution is -2.39. The zero-order chi connectivity index (χ0) is 24.1. The quantitative estimate of drug-likeness (QED) is 0.268. The number of hydrogen-bond donors (Lipinski definition) is 4. The lowest BCUT2D eigenvalue weighted by molar-refractivity contribution is -0.112. The Morgan fingerprint density at radius 2 is 1.88 bits per heavy atom. The fourth-order valence-corrected chi connectivity index (χ4v) is 4.47. The van der Waals surface area contributed by atoms with Crippen molar-refractivity contribution >= 4 is 27.5 Å². The van der Waals surface area contributed by atoms with Gasteiger partial charge in [-0.2, -0.15) is 0 Å². The second-order valence-electron chi connectivity index (χ2n) is 7.59. The summed E-state index contributed by atoms with van der Waals surface area (Å²) in [6.07, 6.45) is 9.20. The molecule has 8 nitrogen and oxygen atoms in total. The fraction of sp³-hybridized carbons (Fsp3) is 0.167. The number of anilines is 1. The predicted octanol–water partition coefficient (Wildman–Crippen LogP) is 2.95. The van der Waals surface area contributed by atoms with E-state index < -0.39 is 21.3 Å². The number of methoxy groups -OCH3 is 1. The second-order valence-corrected chi connectivity index (χ2v) is 9.12. The highest BCUT2D eigenvalue weighted by atomic mass is 32.2. The molecule has 6 N–H and O–H groups in total. The molecule has 1 amide bonds. The van der Waals surface area contributed by atoms with Gasteiger partial charge in [0.15, 0.2) is 0 Å². The van der Waals surface area contributed by atoms with Gasteiger partial charge in [-0.3, -0.25) is 10.2 Å². The largest absolute Gasteiger partial charge is 0.387 e. The van der Waals surface area contributed by atoms with E-state index in [2.05, 4.69) is 5.32 Å². The van der Waals surface area contributed by atoms with E-state index in [4.69, 9.17) is 21.0 Å². The van der Waals surface area contributed by atoms with E-state index in [0.29, 0.717) is 28.8 Å². The normalized spacial score (nSPS) is 18.2. The number of rotatable bonds is 8. The number of sulfonamides is 1. The van der Waals surface area contributed by atoms with Gasteiger partial charge in [0.05, 0.1) is 16.9 Å². The maximum atomic E-state index is 12.8. The van der Waals surface area contributed by atoms with Crippen molar-refractivity contribution in [2.75, 3.05) is 19.0 Å². The summed E-state index contributed by atoms with van der Waals surface area (Å²) >= 11 is 0. The summed E-state index contributed by atoms with van der Waals surface area (Å²) in [5.41, 5.74) is 7.17. The Morgan fingerprint density at radius 1 is 1.18 bits per heavy atom. The molecule has 0 saturated carbocycles. The minimum Gasteiger partial charge on any atom is -0.387 e. The smallest absolute Gasteiger partial charge is 0.248 e. The summed E-state index contributed by atoms with van der Waals surface area (Å²) < 4.78 is 29.0. The molecular formula is C24H26N4O4S. The SMILES string of the molecule is COC/C(=C/C(=O)Nc1ccc(-c2ccccc2S(N)(=O)=O)cc1)C1(C(=N)N)C=CC=CC1. The van der Waals surface area contributed by atoms with Crippen molar-refractivity contribution in [1.82, 2.24) is 0 Å². The van der Waals surface area contributed by atoms with Crippen LogP contribution in [0.3, 0.4) is 0 Å². The highest BCUT2D eigenvalue weighted by molar-refractivity contribution is 7.89. The van der Waals surface area contributed by atoms with Crippen molar-refractivity contribution in [1.29, 1.82) is 5.41 Å². The zero-order valence-corrected chi connectivity index (χ0v) is 18.9. The van der Waals surface area contributed by atoms with Crippen molar-refractivity contribution in [2.45, 2.75) is 11.3 Å². The third-order valence-electron chi connectivity index (χ3n) is 5.38. The van der Waals surface area contributed by atoms with Crippen molar-refractivity contribution in [2.24, 2.45) is 16.3 Å². The molecule has 172 valence electrons. The number of benzene rings is 2. The van der Waals surface area contributed by atoms with Crippen LogP contribution in [0.4, 0.5) is 5.69 Å². The topological polar surface area (TPSA) is 148 Å². The number of nitrogens with one attached hydrogen (secondary N) is 2. The maximum absolute atomic E-state index is 12.8. The van der Waals surface area contributed by atoms with E-state index in [-0.39, 0.29) is 17.3 Å². The van der Waals surface area contributed by atoms with Crippen LogP contribution in [0.25, 0.3) is 11.1 Å². The van der Waals surface area contributed by atoms with Gasteiger partial charge in [-0.25, -0.2) is 13.6 Å². The molecule has 1 atom stereocenters. The third-order valence-corrected chi connectivity index (χ3v) is 6.35. The van der Waals surface area contributed by atoms with Gasteiger partial charge in [-0.05, 0) is 35.8 Å². The number of primary sulfonamides is 1. The first-order valence-electron chi connectivity index (χ1n) is 10.1. The molecule has 1 aliphatic rings. The summed E-state index contributed by atoms with van der Waals surface area (Å²) in [7, 11) is -2.37. The molecule has 0 radical (unpaired) electrons. The standard InChI is InChI=1S/C24H26N4O4S/c1-32-16-18(24(23(25)26)13-5-2-6-14-24)15-22(29)28-19-11-9-17(10-12-19)20-7-3-4-8-21(20)33(27,30)31/h2-13,15H,14,16H2,1H3,(H3,25,26)(H,28,29)(H2,27,30,31)/b18-15-. The van der Waals surface area contributed by atoms with Gasteiger partial charge in [-0.1, -0.05) is 54.6 Å². The average molecular weight is 467 g/mol. The molecule has 3 rings (SSSR count). The van der Waals surface area contributed by atoms with Crippen LogP contribution in [0.1, 0.15) is 6.42 Å². The lowest BCUT2D eigenvalue weighted by atomic mass is 9.74. The van der Waals surface area contributed by atoms with Crippen molar-refractivity contribution in [3.63, 3.8) is 0 Å². The summed E-state index contributed by atoms with van der Waals surface area (Å²) in [5.74, 6) is -0.472. The van der Waals surface area contributed by atoms with Crippen LogP contribution < -0.4 is 16.2 Å². The van der Waals surface area contributed by atoms with Crippen LogP contribution in [-0.4, -0.2) is 33.9 Å². The van der Waals surface area contributed by atoms with E-state index >= 15 is 0 Å². The Hall–Kier alpha value is -3.53. The molecule has 0 fully saturated rings. The molecule has 0 heterocycles. The number of allylic oxidation sites excluding steroid dienone is 3. The molecule has 0 aliphatic heterocycles. The molecule has 1 unspecified atom stereocenters. The number of amides is 1. The highest BCUT2D eigenvalue weighted by Gasteiger charge is 2.35. The van der Waals surface area contributed by atoms with Crippen LogP contribution in [0.2, 0.25) is 0 Å². The van der Waals surface area contributed by atoms with Gasteiger partial charge < -0.3 is 15.8 Å². The van der Waals surface area contributed by atoms with Gasteiger partial charge in [0.2, 0.25) is 15.9 Å². The Labute approximate surface area is 193 Å². The third kappa shape index (κ3) is 5.46. The second kappa shape index (κ2) is 9.95. The van der Waals surface area contributed by atoms with E-state index in [9.17, 15) is 13.2 Å². The van der Waals surface area contributed by atoms with Gasteiger partial charge in [0.1, 0.15) is 5.84 Å². The average Bonchev–Trinajstić information content (AvgIpc) is 2.79. The number of ether oxygens (including phenoxy) is 1. The van der Waals surface area contributed by atoms with E-state index in [1.807, 2.05) is 12.2 Å². The van der Waals surface area contributed by atoms with Crippen molar-refractivity contribution in [3.8, 4) is 11.1 Å². The van der Waals surface area contributed by atoms with Crippen LogP contribution in [0.15, 0.2) is 89.4 Å². The van der Waals surface area contributed by atoms with Gasteiger partial charge in [0, 0.05) is 24.4 Å². The monoisotopic (exact) mass is 466 g/mol. The molecule has 33 heavy (non-hydrogen) atoms. The van der Waals surface area contributed by atoms with Crippen LogP contribution >= 0.6 is 0 Å². The fourth-order valence-electron chi connectivity index (χ4n) is 3.71. The van der Waals surface area contributed by atoms with Crippen LogP contribution in [-0.2, 0) is 19.6 Å². The molecule has 0 saturated heterocycles. The number of carbonyl (C=O) groups is 1. The zero-order valence-electron chi connectivity index (χ0n) is 18.1. The van der Waals surface area contributed by atoms with Crippen molar-refractivity contribution < 1.29 is 17.9 Å². The lowest BCUT2D eigenvalue weighted by Gasteiger charge is -2.32. The summed E-state index contributed by atoms with van der Waals surface area (Å²) in [6, 6.07) is 13.2. The molecular weight excluding hydrogens is 440 g/mol. The molecule has 9 heteroatoms. The van der Waals surface area contributed by atoms with Gasteiger partial charge in [0.25, 0.3) is 0 Å². The van der Waals surface area contributed by atoms with E-state index in [1.165, 1.54) is 19.3 Å². The summed E-state index contributed by atoms with van der Waals surface area (Å²) in [5, 5.41) is 16.2. The molecule has 2 aromatic rings. The number of nitrogens with two attached hydrogens (primary N) is 2. The number of hydrogen-bond acceptors (Lipinski definition) is 5. The van der Waals surface area contributed by atoms with Crippen LogP contribution in [0.5, 0.6) is 0 Å². The first-order chi connectivity index (χ1) is 15.7. The molecule has 2 aromatic carbocycles. The summed E-state index contributed by atoms with van der Waals surface area (Å²) in [4.78, 5) is 12.8. The van der Waals surface area contributed by atoms with E-state index in [0.717, 1.165) is 0 Å². The first-order valence-corrected chi connectivity index (χ1v) is 11.6. The highest BCUT2D eigenvalue weighted by Crippen LogP contribution is 2.36.